The third-order valence-electron chi connectivity index (χ3n) is 6.68. The predicted octanol–water partition coefficient (Wildman–Crippen LogP) is 4.68. The summed E-state index contributed by atoms with van der Waals surface area (Å²) in [5.74, 6) is 1.50. The number of fused-ring (bicyclic) bond motifs is 1. The minimum atomic E-state index is 0.0565. The Labute approximate surface area is 188 Å². The van der Waals surface area contributed by atoms with Gasteiger partial charge in [-0.1, -0.05) is 29.8 Å². The fourth-order valence-corrected chi connectivity index (χ4v) is 4.98. The molecule has 0 saturated carbocycles. The van der Waals surface area contributed by atoms with Crippen molar-refractivity contribution in [3.05, 3.63) is 64.3 Å². The largest absolute Gasteiger partial charge is 0.341 e. The second-order valence-electron chi connectivity index (χ2n) is 8.71. The third-order valence-corrected chi connectivity index (χ3v) is 6.68. The number of benzene rings is 2. The summed E-state index contributed by atoms with van der Waals surface area (Å²) < 4.78 is 3.70. The molecule has 3 heterocycles. The highest BCUT2D eigenvalue weighted by Crippen LogP contribution is 2.35. The summed E-state index contributed by atoms with van der Waals surface area (Å²) in [5, 5.41) is 3.45. The number of aryl methyl sites for hydroxylation is 3. The van der Waals surface area contributed by atoms with Gasteiger partial charge in [0.1, 0.15) is 5.82 Å². The van der Waals surface area contributed by atoms with E-state index in [0.717, 1.165) is 65.3 Å². The summed E-state index contributed by atoms with van der Waals surface area (Å²) >= 11 is 0. The van der Waals surface area contributed by atoms with E-state index < -0.39 is 0 Å². The van der Waals surface area contributed by atoms with Crippen molar-refractivity contribution in [3.8, 4) is 22.5 Å². The Morgan fingerprint density at radius 1 is 0.969 bits per heavy atom. The SMILES string of the molecule is CCn1c(=O)n(CC)c2cc(-c3[nH]c(C4CCNCC4)nc3-c3cccc(C)c3)ccc21. The maximum atomic E-state index is 12.8. The van der Waals surface area contributed by atoms with Crippen LogP contribution in [0.2, 0.25) is 0 Å². The number of aromatic nitrogens is 4. The molecule has 4 aromatic rings. The summed E-state index contributed by atoms with van der Waals surface area (Å²) in [6.45, 7) is 9.53. The number of imidazole rings is 2. The number of rotatable bonds is 5. The molecule has 6 heteroatoms. The molecule has 32 heavy (non-hydrogen) atoms. The van der Waals surface area contributed by atoms with Crippen LogP contribution < -0.4 is 11.0 Å². The molecule has 0 bridgehead atoms. The second-order valence-corrected chi connectivity index (χ2v) is 8.71. The molecule has 6 nitrogen and oxygen atoms in total. The Bertz CT molecular complexity index is 1320. The van der Waals surface area contributed by atoms with E-state index in [9.17, 15) is 4.79 Å². The summed E-state index contributed by atoms with van der Waals surface area (Å²) in [5.41, 5.74) is 7.44. The van der Waals surface area contributed by atoms with Gasteiger partial charge >= 0.3 is 5.69 Å². The zero-order valence-electron chi connectivity index (χ0n) is 19.1. The fraction of sp³-hybridized carbons (Fsp3) is 0.385. The number of nitrogens with one attached hydrogen (secondary N) is 2. The molecule has 2 N–H and O–H groups in total. The van der Waals surface area contributed by atoms with Gasteiger partial charge in [-0.05, 0) is 64.9 Å². The van der Waals surface area contributed by atoms with E-state index in [0.29, 0.717) is 19.0 Å². The number of piperidine rings is 1. The van der Waals surface area contributed by atoms with E-state index in [4.69, 9.17) is 4.98 Å². The molecular weight excluding hydrogens is 398 g/mol. The van der Waals surface area contributed by atoms with Crippen molar-refractivity contribution in [2.75, 3.05) is 13.1 Å². The molecule has 0 unspecified atom stereocenters. The zero-order valence-corrected chi connectivity index (χ0v) is 19.1. The smallest absolute Gasteiger partial charge is 0.329 e. The van der Waals surface area contributed by atoms with E-state index in [1.807, 2.05) is 23.0 Å². The highest BCUT2D eigenvalue weighted by atomic mass is 16.1. The topological polar surface area (TPSA) is 67.6 Å². The highest BCUT2D eigenvalue weighted by Gasteiger charge is 2.23. The molecule has 1 saturated heterocycles. The summed E-state index contributed by atoms with van der Waals surface area (Å²) in [4.78, 5) is 21.7. The lowest BCUT2D eigenvalue weighted by Crippen LogP contribution is -2.27. The van der Waals surface area contributed by atoms with Crippen molar-refractivity contribution in [3.63, 3.8) is 0 Å². The van der Waals surface area contributed by atoms with Crippen LogP contribution in [-0.4, -0.2) is 32.2 Å². The minimum Gasteiger partial charge on any atom is -0.341 e. The number of nitrogens with zero attached hydrogens (tertiary/aromatic N) is 3. The molecule has 5 rings (SSSR count). The molecular formula is C26H31N5O. The lowest BCUT2D eigenvalue weighted by molar-refractivity contribution is 0.447. The van der Waals surface area contributed by atoms with Gasteiger partial charge in [-0.2, -0.15) is 0 Å². The van der Waals surface area contributed by atoms with Crippen LogP contribution in [0.15, 0.2) is 47.3 Å². The Morgan fingerprint density at radius 3 is 2.44 bits per heavy atom. The van der Waals surface area contributed by atoms with Crippen molar-refractivity contribution in [2.45, 2.75) is 52.6 Å². The first-order valence-electron chi connectivity index (χ1n) is 11.7. The standard InChI is InChI=1S/C26H31N5O/c1-4-30-21-10-9-20(16-22(21)31(5-2)26(30)32)24-23(19-8-6-7-17(3)15-19)28-25(29-24)18-11-13-27-14-12-18/h6-10,15-16,18,27H,4-5,11-14H2,1-3H3,(H,28,29). The number of aromatic amines is 1. The van der Waals surface area contributed by atoms with Crippen LogP contribution >= 0.6 is 0 Å². The van der Waals surface area contributed by atoms with Crippen LogP contribution in [0.4, 0.5) is 0 Å². The van der Waals surface area contributed by atoms with Gasteiger partial charge in [0.05, 0.1) is 22.4 Å². The number of hydrogen-bond donors (Lipinski definition) is 2. The van der Waals surface area contributed by atoms with Gasteiger partial charge in [0.15, 0.2) is 0 Å². The van der Waals surface area contributed by atoms with Gasteiger partial charge in [0.25, 0.3) is 0 Å². The predicted molar refractivity (Wildman–Crippen MR) is 130 cm³/mol. The molecule has 166 valence electrons. The van der Waals surface area contributed by atoms with Crippen molar-refractivity contribution in [1.82, 2.24) is 24.4 Å². The van der Waals surface area contributed by atoms with E-state index in [1.54, 1.807) is 0 Å². The number of hydrogen-bond acceptors (Lipinski definition) is 3. The van der Waals surface area contributed by atoms with E-state index in [2.05, 4.69) is 59.7 Å². The second kappa shape index (κ2) is 8.43. The Kier molecular flexibility index (Phi) is 5.47. The Hall–Kier alpha value is -3.12. The zero-order chi connectivity index (χ0) is 22.2. The van der Waals surface area contributed by atoms with Crippen LogP contribution in [-0.2, 0) is 13.1 Å². The molecule has 0 amide bonds. The Morgan fingerprint density at radius 2 is 1.72 bits per heavy atom. The van der Waals surface area contributed by atoms with Crippen molar-refractivity contribution >= 4 is 11.0 Å². The summed E-state index contributed by atoms with van der Waals surface area (Å²) in [6, 6.07) is 14.9. The van der Waals surface area contributed by atoms with Crippen LogP contribution in [0, 0.1) is 6.92 Å². The number of H-pyrrole nitrogens is 1. The summed E-state index contributed by atoms with van der Waals surface area (Å²) in [6.07, 6.45) is 2.18. The van der Waals surface area contributed by atoms with Gasteiger partial charge in [-0.25, -0.2) is 9.78 Å². The molecule has 1 aliphatic rings. The van der Waals surface area contributed by atoms with Gasteiger partial charge in [-0.15, -0.1) is 0 Å². The average molecular weight is 430 g/mol. The molecule has 1 aliphatic heterocycles. The monoisotopic (exact) mass is 429 g/mol. The third kappa shape index (κ3) is 3.48. The summed E-state index contributed by atoms with van der Waals surface area (Å²) in [7, 11) is 0. The normalized spacial score (nSPS) is 15.0. The minimum absolute atomic E-state index is 0.0565. The first-order valence-corrected chi connectivity index (χ1v) is 11.7. The van der Waals surface area contributed by atoms with Crippen molar-refractivity contribution in [1.29, 1.82) is 0 Å². The van der Waals surface area contributed by atoms with Gasteiger partial charge < -0.3 is 10.3 Å². The lowest BCUT2D eigenvalue weighted by Gasteiger charge is -2.20. The molecule has 2 aromatic carbocycles. The van der Waals surface area contributed by atoms with Crippen molar-refractivity contribution in [2.24, 2.45) is 0 Å². The van der Waals surface area contributed by atoms with Gasteiger partial charge in [-0.3, -0.25) is 9.13 Å². The molecule has 0 aliphatic carbocycles. The Balaban J connectivity index is 1.70. The first kappa shape index (κ1) is 20.8. The molecule has 0 radical (unpaired) electrons. The van der Waals surface area contributed by atoms with Gasteiger partial charge in [0.2, 0.25) is 0 Å². The molecule has 1 fully saturated rings. The van der Waals surface area contributed by atoms with Gasteiger partial charge in [0, 0.05) is 30.1 Å². The molecule has 0 spiro atoms. The van der Waals surface area contributed by atoms with Crippen molar-refractivity contribution < 1.29 is 0 Å². The van der Waals surface area contributed by atoms with Crippen LogP contribution in [0.25, 0.3) is 33.5 Å². The maximum absolute atomic E-state index is 12.8. The van der Waals surface area contributed by atoms with Crippen LogP contribution in [0.3, 0.4) is 0 Å². The van der Waals surface area contributed by atoms with E-state index in [-0.39, 0.29) is 5.69 Å². The average Bonchev–Trinajstić information content (AvgIpc) is 3.38. The molecule has 0 atom stereocenters. The quantitative estimate of drug-likeness (QED) is 0.484. The fourth-order valence-electron chi connectivity index (χ4n) is 4.98. The van der Waals surface area contributed by atoms with Crippen LogP contribution in [0.1, 0.15) is 44.0 Å². The van der Waals surface area contributed by atoms with Crippen LogP contribution in [0.5, 0.6) is 0 Å². The maximum Gasteiger partial charge on any atom is 0.329 e. The first-order chi connectivity index (χ1) is 15.6. The molecule has 2 aromatic heterocycles. The van der Waals surface area contributed by atoms with E-state index >= 15 is 0 Å². The lowest BCUT2D eigenvalue weighted by atomic mass is 9.97. The highest BCUT2D eigenvalue weighted by molar-refractivity contribution is 5.86. The van der Waals surface area contributed by atoms with E-state index in [1.165, 1.54) is 5.56 Å².